The van der Waals surface area contributed by atoms with Gasteiger partial charge in [0.25, 0.3) is 0 Å². The third-order valence-corrected chi connectivity index (χ3v) is 11.2. The Hall–Kier alpha value is -4.06. The first kappa shape index (κ1) is 37.7. The third-order valence-electron chi connectivity index (χ3n) is 10.4. The SMILES string of the molecule is COc1cc2ncnc(N3CCCC(CCCO[P+](=O)OCCCC4CCCN(c5ncnc6cc(OC)c(OC)cc56)CC4)CC3)c2cc1OC. The minimum absolute atomic E-state index is 0.447. The van der Waals surface area contributed by atoms with Crippen molar-refractivity contribution in [2.75, 3.05) is 77.6 Å². The number of hydrogen-bond donors (Lipinski definition) is 0. The predicted octanol–water partition coefficient (Wildman–Crippen LogP) is 7.77. The summed E-state index contributed by atoms with van der Waals surface area (Å²) < 4.78 is 45.7. The Morgan fingerprint density at radius 3 is 1.44 bits per heavy atom. The fourth-order valence-corrected chi connectivity index (χ4v) is 8.26. The molecule has 2 aromatic heterocycles. The van der Waals surface area contributed by atoms with Gasteiger partial charge in [-0.2, -0.15) is 0 Å². The number of anilines is 2. The second-order valence-electron chi connectivity index (χ2n) is 13.6. The lowest BCUT2D eigenvalue weighted by Crippen LogP contribution is -2.25. The van der Waals surface area contributed by atoms with Gasteiger partial charge in [0.1, 0.15) is 37.5 Å². The molecule has 0 saturated carbocycles. The van der Waals surface area contributed by atoms with Gasteiger partial charge in [0.05, 0.1) is 39.5 Å². The maximum Gasteiger partial charge on any atom is 0.697 e. The van der Waals surface area contributed by atoms with Crippen molar-refractivity contribution in [2.45, 2.75) is 64.2 Å². The molecule has 2 fully saturated rings. The van der Waals surface area contributed by atoms with Crippen LogP contribution in [0.3, 0.4) is 0 Å². The van der Waals surface area contributed by atoms with E-state index in [-0.39, 0.29) is 0 Å². The van der Waals surface area contributed by atoms with E-state index in [9.17, 15) is 4.57 Å². The van der Waals surface area contributed by atoms with E-state index in [1.54, 1.807) is 41.1 Å². The van der Waals surface area contributed by atoms with Crippen LogP contribution >= 0.6 is 8.25 Å². The number of aromatic nitrogens is 4. The third kappa shape index (κ3) is 9.29. The van der Waals surface area contributed by atoms with Gasteiger partial charge in [-0.15, -0.1) is 9.05 Å². The highest BCUT2D eigenvalue weighted by Gasteiger charge is 2.25. The van der Waals surface area contributed by atoms with Crippen LogP contribution in [0.1, 0.15) is 64.2 Å². The van der Waals surface area contributed by atoms with Crippen LogP contribution in [0, 0.1) is 11.8 Å². The lowest BCUT2D eigenvalue weighted by molar-refractivity contribution is 0.210. The minimum Gasteiger partial charge on any atom is -0.493 e. The molecular weight excluding hydrogens is 683 g/mol. The fourth-order valence-electron chi connectivity index (χ4n) is 7.63. The molecule has 52 heavy (non-hydrogen) atoms. The Labute approximate surface area is 307 Å². The molecule has 2 aromatic carbocycles. The molecule has 0 amide bonds. The zero-order valence-corrected chi connectivity index (χ0v) is 31.8. The Kier molecular flexibility index (Phi) is 13.5. The van der Waals surface area contributed by atoms with Crippen LogP contribution in [-0.4, -0.2) is 87.8 Å². The average molecular weight is 736 g/mol. The molecule has 0 N–H and O–H groups in total. The van der Waals surface area contributed by atoms with E-state index in [0.717, 1.165) is 124 Å². The van der Waals surface area contributed by atoms with Gasteiger partial charge in [0, 0.05) is 53.6 Å². The van der Waals surface area contributed by atoms with Gasteiger partial charge in [-0.05, 0) is 88.2 Å². The molecule has 2 aliphatic heterocycles. The molecule has 2 unspecified atom stereocenters. The molecule has 0 spiro atoms. The van der Waals surface area contributed by atoms with Crippen molar-refractivity contribution in [1.29, 1.82) is 0 Å². The van der Waals surface area contributed by atoms with Crippen molar-refractivity contribution >= 4 is 41.7 Å². The molecule has 2 aliphatic rings. The number of methoxy groups -OCH3 is 4. The Balaban J connectivity index is 0.878. The van der Waals surface area contributed by atoms with E-state index in [2.05, 4.69) is 29.7 Å². The Morgan fingerprint density at radius 1 is 0.596 bits per heavy atom. The van der Waals surface area contributed by atoms with Gasteiger partial charge in [-0.25, -0.2) is 19.9 Å². The van der Waals surface area contributed by atoms with Crippen molar-refractivity contribution in [1.82, 2.24) is 19.9 Å². The molecule has 0 radical (unpaired) electrons. The number of ether oxygens (including phenoxy) is 4. The fraction of sp³-hybridized carbons (Fsp3) is 0.579. The zero-order valence-electron chi connectivity index (χ0n) is 30.9. The van der Waals surface area contributed by atoms with Crippen LogP contribution in [0.5, 0.6) is 23.0 Å². The van der Waals surface area contributed by atoms with Crippen molar-refractivity contribution in [3.8, 4) is 23.0 Å². The Bertz CT molecular complexity index is 1670. The highest BCUT2D eigenvalue weighted by atomic mass is 31.1. The molecule has 0 aliphatic carbocycles. The maximum absolute atomic E-state index is 12.5. The molecule has 4 aromatic rings. The first-order valence-corrected chi connectivity index (χ1v) is 19.6. The van der Waals surface area contributed by atoms with Gasteiger partial charge in [0.15, 0.2) is 23.0 Å². The van der Waals surface area contributed by atoms with E-state index < -0.39 is 8.25 Å². The van der Waals surface area contributed by atoms with Crippen LogP contribution < -0.4 is 28.7 Å². The molecule has 4 heterocycles. The summed E-state index contributed by atoms with van der Waals surface area (Å²) in [5.41, 5.74) is 1.68. The molecule has 14 heteroatoms. The van der Waals surface area contributed by atoms with E-state index in [1.807, 2.05) is 24.3 Å². The zero-order chi connectivity index (χ0) is 36.3. The van der Waals surface area contributed by atoms with E-state index in [4.69, 9.17) is 28.0 Å². The summed E-state index contributed by atoms with van der Waals surface area (Å²) in [5.74, 6) is 5.71. The Morgan fingerprint density at radius 2 is 1.02 bits per heavy atom. The van der Waals surface area contributed by atoms with Gasteiger partial charge in [0.2, 0.25) is 0 Å². The second-order valence-corrected chi connectivity index (χ2v) is 14.5. The van der Waals surface area contributed by atoms with Gasteiger partial charge < -0.3 is 28.7 Å². The summed E-state index contributed by atoms with van der Waals surface area (Å²) in [5, 5.41) is 1.93. The molecule has 2 atom stereocenters. The molecule has 13 nitrogen and oxygen atoms in total. The standard InChI is InChI=1S/C38H52N6O7P/c1-46-33-21-29-31(23-35(33)48-3)39-25-41-37(29)43-15-5-9-27(13-17-43)11-7-19-50-52(45)51-20-8-12-28-10-6-16-44(18-14-28)38-30-22-34(47-2)36(49-4)24-32(30)40-26-42-38/h21-28H,5-20H2,1-4H3/q+1. The first-order chi connectivity index (χ1) is 25.5. The summed E-state index contributed by atoms with van der Waals surface area (Å²) in [7, 11) is 4.44. The topological polar surface area (TPSA) is 130 Å². The van der Waals surface area contributed by atoms with Crippen LogP contribution in [0.15, 0.2) is 36.9 Å². The average Bonchev–Trinajstić information content (AvgIpc) is 3.57. The van der Waals surface area contributed by atoms with Crippen molar-refractivity contribution in [3.63, 3.8) is 0 Å². The monoisotopic (exact) mass is 735 g/mol. The van der Waals surface area contributed by atoms with Gasteiger partial charge in [-0.1, -0.05) is 0 Å². The second kappa shape index (κ2) is 18.6. The normalized spacial score (nSPS) is 18.6. The highest BCUT2D eigenvalue weighted by Crippen LogP contribution is 2.38. The molecule has 2 saturated heterocycles. The molecule has 6 rings (SSSR count). The number of nitrogens with zero attached hydrogens (tertiary/aromatic N) is 6. The number of rotatable bonds is 16. The smallest absolute Gasteiger partial charge is 0.493 e. The largest absolute Gasteiger partial charge is 0.697 e. The van der Waals surface area contributed by atoms with Gasteiger partial charge >= 0.3 is 8.25 Å². The van der Waals surface area contributed by atoms with Crippen molar-refractivity contribution < 1.29 is 32.6 Å². The van der Waals surface area contributed by atoms with Crippen LogP contribution in [0.4, 0.5) is 11.6 Å². The summed E-state index contributed by atoms with van der Waals surface area (Å²) in [6.07, 6.45) is 13.7. The molecule has 0 bridgehead atoms. The van der Waals surface area contributed by atoms with E-state index in [1.165, 1.54) is 0 Å². The maximum atomic E-state index is 12.5. The van der Waals surface area contributed by atoms with Crippen LogP contribution in [0.2, 0.25) is 0 Å². The summed E-state index contributed by atoms with van der Waals surface area (Å²) in [6.45, 7) is 4.62. The quantitative estimate of drug-likeness (QED) is 0.0821. The van der Waals surface area contributed by atoms with Crippen LogP contribution in [0.25, 0.3) is 21.8 Å². The first-order valence-electron chi connectivity index (χ1n) is 18.5. The lowest BCUT2D eigenvalue weighted by Gasteiger charge is -2.23. The molecular formula is C38H52N6O7P+. The number of hydrogen-bond acceptors (Lipinski definition) is 13. The summed E-state index contributed by atoms with van der Waals surface area (Å²) >= 11 is 0. The predicted molar refractivity (Wildman–Crippen MR) is 202 cm³/mol. The summed E-state index contributed by atoms with van der Waals surface area (Å²) in [6, 6.07) is 7.75. The van der Waals surface area contributed by atoms with Crippen molar-refractivity contribution in [3.05, 3.63) is 36.9 Å². The van der Waals surface area contributed by atoms with E-state index >= 15 is 0 Å². The van der Waals surface area contributed by atoms with E-state index in [0.29, 0.717) is 48.0 Å². The van der Waals surface area contributed by atoms with Gasteiger partial charge in [-0.3, -0.25) is 0 Å². The van der Waals surface area contributed by atoms with Crippen LogP contribution in [-0.2, 0) is 13.6 Å². The van der Waals surface area contributed by atoms with Crippen molar-refractivity contribution in [2.24, 2.45) is 11.8 Å². The number of fused-ring (bicyclic) bond motifs is 2. The highest BCUT2D eigenvalue weighted by molar-refractivity contribution is 7.33. The lowest BCUT2D eigenvalue weighted by atomic mass is 9.95. The number of benzene rings is 2. The molecule has 280 valence electrons. The summed E-state index contributed by atoms with van der Waals surface area (Å²) in [4.78, 5) is 23.0. The minimum atomic E-state index is -2.11.